The molecule has 0 radical (unpaired) electrons. The summed E-state index contributed by atoms with van der Waals surface area (Å²) in [7, 11) is 1.44. The first-order valence-corrected chi connectivity index (χ1v) is 5.54. The first-order valence-electron chi connectivity index (χ1n) is 5.54. The maximum absolute atomic E-state index is 11.6. The standard InChI is InChI=1S/C11H15N3O4/c1-3-6-14-10(16)5-4-8(13-14)11(17)18-7-9(15)12-2/h4-5H,3,6-7H2,1-2H3,(H,12,15). The number of nitrogens with zero attached hydrogens (tertiary/aromatic N) is 2. The summed E-state index contributed by atoms with van der Waals surface area (Å²) in [5.41, 5.74) is -0.272. The van der Waals surface area contributed by atoms with E-state index in [-0.39, 0.29) is 17.9 Å². The van der Waals surface area contributed by atoms with Crippen LogP contribution in [-0.4, -0.2) is 35.3 Å². The van der Waals surface area contributed by atoms with Crippen LogP contribution in [0, 0.1) is 0 Å². The number of hydrogen-bond donors (Lipinski definition) is 1. The first kappa shape index (κ1) is 13.9. The van der Waals surface area contributed by atoms with Gasteiger partial charge in [0.15, 0.2) is 12.3 Å². The van der Waals surface area contributed by atoms with Crippen molar-refractivity contribution in [2.75, 3.05) is 13.7 Å². The Hall–Kier alpha value is -2.18. The molecule has 7 heteroatoms. The van der Waals surface area contributed by atoms with Crippen molar-refractivity contribution in [3.05, 3.63) is 28.2 Å². The Kier molecular flexibility index (Phi) is 5.04. The smallest absolute Gasteiger partial charge is 0.359 e. The van der Waals surface area contributed by atoms with Crippen molar-refractivity contribution in [2.45, 2.75) is 19.9 Å². The first-order chi connectivity index (χ1) is 8.58. The molecule has 0 aromatic carbocycles. The van der Waals surface area contributed by atoms with E-state index < -0.39 is 11.9 Å². The molecule has 0 saturated heterocycles. The fourth-order valence-corrected chi connectivity index (χ4v) is 1.21. The van der Waals surface area contributed by atoms with E-state index in [0.717, 1.165) is 6.42 Å². The van der Waals surface area contributed by atoms with Gasteiger partial charge in [0.1, 0.15) is 0 Å². The van der Waals surface area contributed by atoms with Crippen LogP contribution in [0.15, 0.2) is 16.9 Å². The molecule has 0 bridgehead atoms. The van der Waals surface area contributed by atoms with Gasteiger partial charge in [-0.05, 0) is 12.5 Å². The van der Waals surface area contributed by atoms with Crippen LogP contribution in [0.1, 0.15) is 23.8 Å². The predicted molar refractivity (Wildman–Crippen MR) is 63.1 cm³/mol. The topological polar surface area (TPSA) is 90.3 Å². The van der Waals surface area contributed by atoms with Gasteiger partial charge in [0.05, 0.1) is 0 Å². The van der Waals surface area contributed by atoms with Gasteiger partial charge in [0, 0.05) is 19.7 Å². The number of aromatic nitrogens is 2. The van der Waals surface area contributed by atoms with E-state index in [0.29, 0.717) is 6.54 Å². The minimum absolute atomic E-state index is 0.00644. The lowest BCUT2D eigenvalue weighted by Gasteiger charge is -2.05. The molecule has 1 amide bonds. The van der Waals surface area contributed by atoms with Crippen LogP contribution in [0.3, 0.4) is 0 Å². The SMILES string of the molecule is CCCn1nc(C(=O)OCC(=O)NC)ccc1=O. The maximum Gasteiger partial charge on any atom is 0.359 e. The number of hydrogen-bond acceptors (Lipinski definition) is 5. The lowest BCUT2D eigenvalue weighted by atomic mass is 10.4. The number of likely N-dealkylation sites (N-methyl/N-ethyl adjacent to an activating group) is 1. The van der Waals surface area contributed by atoms with Gasteiger partial charge in [-0.25, -0.2) is 9.48 Å². The summed E-state index contributed by atoms with van der Waals surface area (Å²) in [6.07, 6.45) is 0.726. The molecular formula is C11H15N3O4. The molecule has 0 aliphatic rings. The third-order valence-corrected chi connectivity index (χ3v) is 2.12. The minimum atomic E-state index is -0.733. The van der Waals surface area contributed by atoms with Crippen LogP contribution < -0.4 is 10.9 Å². The predicted octanol–water partition coefficient (Wildman–Crippen LogP) is -0.444. The second kappa shape index (κ2) is 6.53. The van der Waals surface area contributed by atoms with E-state index in [1.807, 2.05) is 6.92 Å². The normalized spacial score (nSPS) is 9.89. The molecule has 98 valence electrons. The van der Waals surface area contributed by atoms with Gasteiger partial charge in [-0.2, -0.15) is 5.10 Å². The Balaban J connectivity index is 2.77. The van der Waals surface area contributed by atoms with E-state index in [1.54, 1.807) is 0 Å². The van der Waals surface area contributed by atoms with E-state index in [9.17, 15) is 14.4 Å². The fourth-order valence-electron chi connectivity index (χ4n) is 1.21. The van der Waals surface area contributed by atoms with Gasteiger partial charge >= 0.3 is 5.97 Å². The molecule has 0 atom stereocenters. The molecule has 1 heterocycles. The summed E-state index contributed by atoms with van der Waals surface area (Å²) in [6, 6.07) is 2.53. The third kappa shape index (κ3) is 3.69. The monoisotopic (exact) mass is 253 g/mol. The fraction of sp³-hybridized carbons (Fsp3) is 0.455. The third-order valence-electron chi connectivity index (χ3n) is 2.12. The number of amides is 1. The summed E-state index contributed by atoms with van der Waals surface area (Å²) >= 11 is 0. The molecule has 0 aliphatic heterocycles. The van der Waals surface area contributed by atoms with Crippen LogP contribution in [0.5, 0.6) is 0 Å². The molecule has 1 aromatic rings. The van der Waals surface area contributed by atoms with E-state index in [1.165, 1.54) is 23.9 Å². The summed E-state index contributed by atoms with van der Waals surface area (Å²) in [6.45, 7) is 1.95. The second-order valence-electron chi connectivity index (χ2n) is 3.53. The van der Waals surface area contributed by atoms with Crippen molar-refractivity contribution in [2.24, 2.45) is 0 Å². The van der Waals surface area contributed by atoms with Gasteiger partial charge in [0.25, 0.3) is 11.5 Å². The zero-order chi connectivity index (χ0) is 13.5. The van der Waals surface area contributed by atoms with Crippen molar-refractivity contribution >= 4 is 11.9 Å². The highest BCUT2D eigenvalue weighted by Gasteiger charge is 2.12. The largest absolute Gasteiger partial charge is 0.451 e. The summed E-state index contributed by atoms with van der Waals surface area (Å²) in [5, 5.41) is 6.18. The zero-order valence-corrected chi connectivity index (χ0v) is 10.3. The van der Waals surface area contributed by atoms with Gasteiger partial charge in [-0.1, -0.05) is 6.92 Å². The number of ether oxygens (including phenoxy) is 1. The van der Waals surface area contributed by atoms with E-state index >= 15 is 0 Å². The lowest BCUT2D eigenvalue weighted by Crippen LogP contribution is -2.27. The highest BCUT2D eigenvalue weighted by molar-refractivity contribution is 5.89. The van der Waals surface area contributed by atoms with E-state index in [2.05, 4.69) is 10.4 Å². The average Bonchev–Trinajstić information content (AvgIpc) is 2.38. The zero-order valence-electron chi connectivity index (χ0n) is 10.3. The number of aryl methyl sites for hydroxylation is 1. The van der Waals surface area contributed by atoms with Crippen LogP contribution >= 0.6 is 0 Å². The second-order valence-corrected chi connectivity index (χ2v) is 3.53. The molecule has 18 heavy (non-hydrogen) atoms. The van der Waals surface area contributed by atoms with Crippen LogP contribution in [0.25, 0.3) is 0 Å². The highest BCUT2D eigenvalue weighted by Crippen LogP contribution is 1.95. The minimum Gasteiger partial charge on any atom is -0.451 e. The van der Waals surface area contributed by atoms with Gasteiger partial charge in [0.2, 0.25) is 0 Å². The quantitative estimate of drug-likeness (QED) is 0.718. The van der Waals surface area contributed by atoms with Gasteiger partial charge < -0.3 is 10.1 Å². The molecule has 0 fully saturated rings. The molecule has 0 unspecified atom stereocenters. The summed E-state index contributed by atoms with van der Waals surface area (Å²) in [4.78, 5) is 33.8. The Morgan fingerprint density at radius 2 is 2.17 bits per heavy atom. The molecule has 1 aromatic heterocycles. The molecule has 1 rings (SSSR count). The number of carbonyl (C=O) groups excluding carboxylic acids is 2. The Morgan fingerprint density at radius 3 is 2.78 bits per heavy atom. The Labute approximate surface area is 104 Å². The number of esters is 1. The lowest BCUT2D eigenvalue weighted by molar-refractivity contribution is -0.123. The molecule has 0 saturated carbocycles. The van der Waals surface area contributed by atoms with E-state index in [4.69, 9.17) is 4.74 Å². The summed E-state index contributed by atoms with van der Waals surface area (Å²) in [5.74, 6) is -1.14. The highest BCUT2D eigenvalue weighted by atomic mass is 16.5. The Bertz CT molecular complexity index is 495. The van der Waals surface area contributed by atoms with Crippen LogP contribution in [-0.2, 0) is 16.1 Å². The molecular weight excluding hydrogens is 238 g/mol. The number of carbonyl (C=O) groups is 2. The molecule has 1 N–H and O–H groups in total. The van der Waals surface area contributed by atoms with Crippen molar-refractivity contribution in [1.29, 1.82) is 0 Å². The molecule has 0 spiro atoms. The van der Waals surface area contributed by atoms with Crippen LogP contribution in [0.2, 0.25) is 0 Å². The van der Waals surface area contributed by atoms with Crippen molar-refractivity contribution in [1.82, 2.24) is 15.1 Å². The van der Waals surface area contributed by atoms with Crippen molar-refractivity contribution in [3.8, 4) is 0 Å². The van der Waals surface area contributed by atoms with Crippen molar-refractivity contribution in [3.63, 3.8) is 0 Å². The van der Waals surface area contributed by atoms with Crippen molar-refractivity contribution < 1.29 is 14.3 Å². The molecule has 7 nitrogen and oxygen atoms in total. The number of rotatable bonds is 5. The van der Waals surface area contributed by atoms with Gasteiger partial charge in [-0.3, -0.25) is 9.59 Å². The Morgan fingerprint density at radius 1 is 1.44 bits per heavy atom. The average molecular weight is 253 g/mol. The summed E-state index contributed by atoms with van der Waals surface area (Å²) < 4.78 is 5.92. The maximum atomic E-state index is 11.6. The van der Waals surface area contributed by atoms with Crippen LogP contribution in [0.4, 0.5) is 0 Å². The number of nitrogens with one attached hydrogen (secondary N) is 1. The van der Waals surface area contributed by atoms with Gasteiger partial charge in [-0.15, -0.1) is 0 Å². The molecule has 0 aliphatic carbocycles.